The summed E-state index contributed by atoms with van der Waals surface area (Å²) >= 11 is 4.46. The van der Waals surface area contributed by atoms with Crippen LogP contribution in [-0.2, 0) is 27.8 Å². The maximum absolute atomic E-state index is 12.4. The van der Waals surface area contributed by atoms with E-state index in [1.54, 1.807) is 12.1 Å². The van der Waals surface area contributed by atoms with Gasteiger partial charge in [0.05, 0.1) is 3.79 Å². The summed E-state index contributed by atoms with van der Waals surface area (Å²) < 4.78 is 28.3. The van der Waals surface area contributed by atoms with E-state index in [2.05, 4.69) is 20.7 Å². The van der Waals surface area contributed by atoms with Gasteiger partial charge in [-0.2, -0.15) is 0 Å². The van der Waals surface area contributed by atoms with Crippen molar-refractivity contribution in [1.29, 1.82) is 0 Å². The predicted molar refractivity (Wildman–Crippen MR) is 108 cm³/mol. The Hall–Kier alpha value is -1.22. The lowest BCUT2D eigenvalue weighted by Gasteiger charge is -2.18. The molecule has 0 saturated carbocycles. The van der Waals surface area contributed by atoms with E-state index in [9.17, 15) is 13.2 Å². The fourth-order valence-electron chi connectivity index (χ4n) is 2.98. The molecule has 2 heterocycles. The zero-order valence-electron chi connectivity index (χ0n) is 14.7. The number of thiophene rings is 1. The van der Waals surface area contributed by atoms with E-state index >= 15 is 0 Å². The van der Waals surface area contributed by atoms with Crippen LogP contribution in [0.1, 0.15) is 31.4 Å². The predicted octanol–water partition coefficient (Wildman–Crippen LogP) is 3.92. The van der Waals surface area contributed by atoms with Gasteiger partial charge in [0, 0.05) is 25.2 Å². The minimum absolute atomic E-state index is 0.149. The highest BCUT2D eigenvalue weighted by Crippen LogP contribution is 2.30. The van der Waals surface area contributed by atoms with Crippen LogP contribution in [0.25, 0.3) is 0 Å². The third kappa shape index (κ3) is 4.36. The second-order valence-corrected chi connectivity index (χ2v) is 11.2. The molecule has 5 nitrogen and oxygen atoms in total. The Balaban J connectivity index is 1.69. The molecule has 1 aromatic heterocycles. The van der Waals surface area contributed by atoms with Crippen molar-refractivity contribution in [2.75, 3.05) is 11.4 Å². The molecular weight excluding hydrogens is 436 g/mol. The van der Waals surface area contributed by atoms with Gasteiger partial charge in [-0.05, 0) is 57.6 Å². The van der Waals surface area contributed by atoms with Gasteiger partial charge < -0.3 is 4.90 Å². The van der Waals surface area contributed by atoms with E-state index in [0.717, 1.165) is 27.0 Å². The molecular formula is C18H21BrN2O3S2. The van der Waals surface area contributed by atoms with Gasteiger partial charge in [-0.15, -0.1) is 11.3 Å². The molecule has 0 atom stereocenters. The highest BCUT2D eigenvalue weighted by molar-refractivity contribution is 9.11. The molecule has 1 aliphatic heterocycles. The van der Waals surface area contributed by atoms with Gasteiger partial charge in [-0.3, -0.25) is 4.79 Å². The zero-order valence-corrected chi connectivity index (χ0v) is 17.9. The largest absolute Gasteiger partial charge is 0.312 e. The number of amides is 1. The van der Waals surface area contributed by atoms with Crippen molar-refractivity contribution in [3.05, 3.63) is 45.2 Å². The number of nitrogens with one attached hydrogen (secondary N) is 1. The van der Waals surface area contributed by atoms with Crippen LogP contribution in [0.3, 0.4) is 0 Å². The Labute approximate surface area is 166 Å². The molecule has 8 heteroatoms. The van der Waals surface area contributed by atoms with Crippen molar-refractivity contribution in [2.45, 2.75) is 37.4 Å². The van der Waals surface area contributed by atoms with E-state index in [0.29, 0.717) is 18.9 Å². The lowest BCUT2D eigenvalue weighted by Crippen LogP contribution is -2.29. The number of hydrogen-bond acceptors (Lipinski definition) is 4. The summed E-state index contributed by atoms with van der Waals surface area (Å²) in [5.74, 6) is 0.480. The number of hydrogen-bond donors (Lipinski definition) is 1. The average molecular weight is 457 g/mol. The zero-order chi connectivity index (χ0) is 18.9. The number of halogens is 1. The molecule has 0 bridgehead atoms. The number of rotatable bonds is 6. The van der Waals surface area contributed by atoms with E-state index in [4.69, 9.17) is 0 Å². The Morgan fingerprint density at radius 2 is 2.08 bits per heavy atom. The summed E-state index contributed by atoms with van der Waals surface area (Å²) in [6.45, 7) is 5.00. The first-order valence-corrected chi connectivity index (χ1v) is 11.5. The molecule has 2 aromatic rings. The van der Waals surface area contributed by atoms with E-state index in [1.807, 2.05) is 36.9 Å². The van der Waals surface area contributed by atoms with Gasteiger partial charge in [0.25, 0.3) is 0 Å². The topological polar surface area (TPSA) is 66.5 Å². The molecule has 0 unspecified atom stereocenters. The standard InChI is InChI=1S/C18H21BrN2O3S2/c1-12(2)9-17(22)21-8-7-14-10-13(3-4-15(14)21)11-20-26(23,24)18-6-5-16(19)25-18/h3-6,10,12,20H,7-9,11H2,1-2H3. The molecule has 1 amide bonds. The number of fused-ring (bicyclic) bond motifs is 1. The van der Waals surface area contributed by atoms with Gasteiger partial charge >= 0.3 is 0 Å². The molecule has 0 spiro atoms. The molecule has 0 saturated heterocycles. The van der Waals surface area contributed by atoms with Crippen molar-refractivity contribution in [3.8, 4) is 0 Å². The van der Waals surface area contributed by atoms with Crippen LogP contribution in [-0.4, -0.2) is 20.9 Å². The van der Waals surface area contributed by atoms with Crippen molar-refractivity contribution in [1.82, 2.24) is 4.72 Å². The molecule has 140 valence electrons. The third-order valence-electron chi connectivity index (χ3n) is 4.20. The van der Waals surface area contributed by atoms with Gasteiger partial charge in [-0.25, -0.2) is 13.1 Å². The second-order valence-electron chi connectivity index (χ2n) is 6.74. The first-order chi connectivity index (χ1) is 12.3. The molecule has 0 radical (unpaired) electrons. The van der Waals surface area contributed by atoms with Crippen molar-refractivity contribution >= 4 is 48.9 Å². The van der Waals surface area contributed by atoms with Crippen molar-refractivity contribution in [2.24, 2.45) is 5.92 Å². The summed E-state index contributed by atoms with van der Waals surface area (Å²) in [6, 6.07) is 9.10. The summed E-state index contributed by atoms with van der Waals surface area (Å²) in [6.07, 6.45) is 1.34. The van der Waals surface area contributed by atoms with Crippen LogP contribution in [0.5, 0.6) is 0 Å². The number of anilines is 1. The summed E-state index contributed by atoms with van der Waals surface area (Å²) in [4.78, 5) is 14.2. The van der Waals surface area contributed by atoms with Gasteiger partial charge in [0.15, 0.2) is 0 Å². The summed E-state index contributed by atoms with van der Waals surface area (Å²) in [7, 11) is -3.52. The minimum Gasteiger partial charge on any atom is -0.312 e. The molecule has 1 aromatic carbocycles. The fraction of sp³-hybridized carbons (Fsp3) is 0.389. The average Bonchev–Trinajstić information content (AvgIpc) is 3.18. The van der Waals surface area contributed by atoms with Crippen molar-refractivity contribution in [3.63, 3.8) is 0 Å². The van der Waals surface area contributed by atoms with Crippen LogP contribution in [0.2, 0.25) is 0 Å². The highest BCUT2D eigenvalue weighted by Gasteiger charge is 2.25. The Morgan fingerprint density at radius 1 is 1.31 bits per heavy atom. The molecule has 3 rings (SSSR count). The van der Waals surface area contributed by atoms with E-state index in [-0.39, 0.29) is 16.7 Å². The van der Waals surface area contributed by atoms with Crippen LogP contribution in [0.15, 0.2) is 38.3 Å². The smallest absolute Gasteiger partial charge is 0.250 e. The Bertz CT molecular complexity index is 922. The van der Waals surface area contributed by atoms with Crippen LogP contribution in [0, 0.1) is 5.92 Å². The van der Waals surface area contributed by atoms with Gasteiger partial charge in [-0.1, -0.05) is 26.0 Å². The highest BCUT2D eigenvalue weighted by atomic mass is 79.9. The fourth-order valence-corrected chi connectivity index (χ4v) is 6.05. The lowest BCUT2D eigenvalue weighted by atomic mass is 10.1. The number of carbonyl (C=O) groups is 1. The summed E-state index contributed by atoms with van der Waals surface area (Å²) in [5.41, 5.74) is 2.93. The second kappa shape index (κ2) is 7.80. The van der Waals surface area contributed by atoms with Gasteiger partial charge in [0.1, 0.15) is 4.21 Å². The van der Waals surface area contributed by atoms with E-state index in [1.165, 1.54) is 11.3 Å². The number of benzene rings is 1. The number of nitrogens with zero attached hydrogens (tertiary/aromatic N) is 1. The minimum atomic E-state index is -3.52. The molecule has 1 aliphatic rings. The monoisotopic (exact) mass is 456 g/mol. The molecule has 0 aliphatic carbocycles. The third-order valence-corrected chi connectivity index (χ3v) is 7.72. The lowest BCUT2D eigenvalue weighted by molar-refractivity contribution is -0.119. The molecule has 0 fully saturated rings. The number of sulfonamides is 1. The van der Waals surface area contributed by atoms with E-state index < -0.39 is 10.0 Å². The normalized spacial score (nSPS) is 14.1. The maximum Gasteiger partial charge on any atom is 0.250 e. The number of carbonyl (C=O) groups excluding carboxylic acids is 1. The van der Waals surface area contributed by atoms with Crippen molar-refractivity contribution < 1.29 is 13.2 Å². The maximum atomic E-state index is 12.4. The molecule has 1 N–H and O–H groups in total. The van der Waals surface area contributed by atoms with Crippen LogP contribution in [0.4, 0.5) is 5.69 Å². The summed E-state index contributed by atoms with van der Waals surface area (Å²) in [5, 5.41) is 0. The van der Waals surface area contributed by atoms with Gasteiger partial charge in [0.2, 0.25) is 15.9 Å². The first-order valence-electron chi connectivity index (χ1n) is 8.43. The quantitative estimate of drug-likeness (QED) is 0.715. The SMILES string of the molecule is CC(C)CC(=O)N1CCc2cc(CNS(=O)(=O)c3ccc(Br)s3)ccc21. The van der Waals surface area contributed by atoms with Crippen LogP contribution >= 0.6 is 27.3 Å². The first kappa shape index (κ1) is 19.5. The Kier molecular flexibility index (Phi) is 5.86. The molecule has 26 heavy (non-hydrogen) atoms. The Morgan fingerprint density at radius 3 is 2.73 bits per heavy atom. The van der Waals surface area contributed by atoms with Crippen LogP contribution < -0.4 is 9.62 Å².